The number of piperidine rings is 1. The summed E-state index contributed by atoms with van der Waals surface area (Å²) >= 11 is 0. The SMILES string of the molecule is CN(c1ccc(-c2ccc(OS(=O)(=O)C(F)(F)F)cc2OC(F)(F)F)nn1)C1CC(C)(C)NC(C)(C)C1. The van der Waals surface area contributed by atoms with Crippen LogP contribution in [0.1, 0.15) is 40.5 Å². The largest absolute Gasteiger partial charge is 0.573 e. The van der Waals surface area contributed by atoms with Gasteiger partial charge in [0.05, 0.1) is 5.69 Å². The van der Waals surface area contributed by atoms with E-state index in [0.717, 1.165) is 25.0 Å². The first-order chi connectivity index (χ1) is 16.7. The summed E-state index contributed by atoms with van der Waals surface area (Å²) in [5.74, 6) is -1.59. The molecule has 0 atom stereocenters. The first-order valence-corrected chi connectivity index (χ1v) is 12.4. The lowest BCUT2D eigenvalue weighted by molar-refractivity contribution is -0.274. The number of benzene rings is 1. The van der Waals surface area contributed by atoms with Crippen LogP contribution in [0.2, 0.25) is 0 Å². The van der Waals surface area contributed by atoms with Crippen molar-refractivity contribution in [3.05, 3.63) is 30.3 Å². The summed E-state index contributed by atoms with van der Waals surface area (Å²) in [6.07, 6.45) is -3.65. The van der Waals surface area contributed by atoms with Crippen molar-refractivity contribution in [2.75, 3.05) is 11.9 Å². The van der Waals surface area contributed by atoms with Crippen molar-refractivity contribution in [1.82, 2.24) is 15.5 Å². The second-order valence-electron chi connectivity index (χ2n) is 10.0. The number of halogens is 6. The van der Waals surface area contributed by atoms with Crippen LogP contribution in [-0.4, -0.2) is 54.7 Å². The molecule has 3 rings (SSSR count). The number of nitrogens with zero attached hydrogens (tertiary/aromatic N) is 3. The number of anilines is 1. The van der Waals surface area contributed by atoms with Crippen molar-refractivity contribution < 1.29 is 43.7 Å². The molecule has 37 heavy (non-hydrogen) atoms. The molecule has 1 saturated heterocycles. The molecule has 15 heteroatoms. The molecule has 0 spiro atoms. The molecular weight excluding hydrogens is 530 g/mol. The predicted molar refractivity (Wildman–Crippen MR) is 122 cm³/mol. The van der Waals surface area contributed by atoms with Gasteiger partial charge in [0.15, 0.2) is 5.82 Å². The van der Waals surface area contributed by atoms with Gasteiger partial charge in [0, 0.05) is 35.8 Å². The van der Waals surface area contributed by atoms with Crippen LogP contribution < -0.4 is 19.1 Å². The maximum atomic E-state index is 13.0. The fraction of sp³-hybridized carbons (Fsp3) is 0.545. The number of nitrogens with one attached hydrogen (secondary N) is 1. The highest BCUT2D eigenvalue weighted by atomic mass is 32.2. The Labute approximate surface area is 210 Å². The van der Waals surface area contributed by atoms with Crippen molar-refractivity contribution in [1.29, 1.82) is 0 Å². The number of rotatable bonds is 6. The lowest BCUT2D eigenvalue weighted by Crippen LogP contribution is -2.62. The van der Waals surface area contributed by atoms with Crippen molar-refractivity contribution in [3.8, 4) is 22.8 Å². The van der Waals surface area contributed by atoms with Crippen LogP contribution in [0, 0.1) is 0 Å². The van der Waals surface area contributed by atoms with Crippen LogP contribution in [0.4, 0.5) is 32.2 Å². The normalized spacial score (nSPS) is 18.4. The monoisotopic (exact) mass is 556 g/mol. The van der Waals surface area contributed by atoms with Crippen LogP contribution in [-0.2, 0) is 10.1 Å². The topological polar surface area (TPSA) is 93.7 Å². The van der Waals surface area contributed by atoms with Crippen LogP contribution in [0.25, 0.3) is 11.3 Å². The molecule has 2 aromatic rings. The van der Waals surface area contributed by atoms with Gasteiger partial charge in [-0.15, -0.1) is 23.4 Å². The Morgan fingerprint density at radius 2 is 1.57 bits per heavy atom. The van der Waals surface area contributed by atoms with E-state index in [-0.39, 0.29) is 28.4 Å². The average molecular weight is 557 g/mol. The second-order valence-corrected chi connectivity index (χ2v) is 11.6. The Morgan fingerprint density at radius 3 is 2.05 bits per heavy atom. The van der Waals surface area contributed by atoms with Crippen LogP contribution in [0.5, 0.6) is 11.5 Å². The van der Waals surface area contributed by atoms with Gasteiger partial charge in [0.25, 0.3) is 0 Å². The van der Waals surface area contributed by atoms with Gasteiger partial charge in [-0.05, 0) is 64.8 Å². The highest BCUT2D eigenvalue weighted by Gasteiger charge is 2.48. The molecule has 1 aromatic heterocycles. The Kier molecular flexibility index (Phi) is 7.38. The van der Waals surface area contributed by atoms with Gasteiger partial charge in [-0.2, -0.15) is 21.6 Å². The number of hydrogen-bond acceptors (Lipinski definition) is 8. The molecule has 0 radical (unpaired) electrons. The minimum Gasteiger partial charge on any atom is -0.405 e. The lowest BCUT2D eigenvalue weighted by atomic mass is 9.79. The highest BCUT2D eigenvalue weighted by molar-refractivity contribution is 7.88. The summed E-state index contributed by atoms with van der Waals surface area (Å²) in [6.45, 7) is 8.33. The summed E-state index contributed by atoms with van der Waals surface area (Å²) in [7, 11) is -4.28. The first kappa shape index (κ1) is 28.8. The van der Waals surface area contributed by atoms with Gasteiger partial charge in [-0.25, -0.2) is 0 Å². The molecule has 0 unspecified atom stereocenters. The van der Waals surface area contributed by atoms with Gasteiger partial charge < -0.3 is 19.1 Å². The van der Waals surface area contributed by atoms with Crippen molar-refractivity contribution in [3.63, 3.8) is 0 Å². The molecule has 1 aromatic carbocycles. The third-order valence-corrected chi connectivity index (χ3v) is 6.65. The molecule has 206 valence electrons. The van der Waals surface area contributed by atoms with E-state index in [1.165, 1.54) is 6.07 Å². The zero-order valence-electron chi connectivity index (χ0n) is 20.5. The quantitative estimate of drug-likeness (QED) is 0.301. The van der Waals surface area contributed by atoms with E-state index in [4.69, 9.17) is 0 Å². The van der Waals surface area contributed by atoms with Crippen molar-refractivity contribution in [2.45, 2.75) is 69.5 Å². The molecule has 1 aliphatic rings. The van der Waals surface area contributed by atoms with E-state index in [0.29, 0.717) is 11.9 Å². The van der Waals surface area contributed by atoms with Crippen LogP contribution in [0.3, 0.4) is 0 Å². The van der Waals surface area contributed by atoms with Gasteiger partial charge in [0.1, 0.15) is 11.5 Å². The van der Waals surface area contributed by atoms with Crippen LogP contribution >= 0.6 is 0 Å². The molecule has 1 fully saturated rings. The number of hydrogen-bond donors (Lipinski definition) is 1. The standard InChI is InChI=1S/C22H26F6N4O4S/c1-19(2)11-13(12-20(3,4)31-19)32(5)18-9-8-16(29-30-18)15-7-6-14(10-17(15)35-21(23,24)25)36-37(33,34)22(26,27)28/h6-10,13,31H,11-12H2,1-5H3. The summed E-state index contributed by atoms with van der Waals surface area (Å²) in [4.78, 5) is 1.92. The summed E-state index contributed by atoms with van der Waals surface area (Å²) < 4.78 is 107. The minimum absolute atomic E-state index is 0.0857. The van der Waals surface area contributed by atoms with E-state index in [2.05, 4.69) is 52.1 Å². The van der Waals surface area contributed by atoms with Crippen molar-refractivity contribution >= 4 is 15.9 Å². The summed E-state index contributed by atoms with van der Waals surface area (Å²) in [5.41, 5.74) is -6.46. The zero-order chi connectivity index (χ0) is 28.0. The van der Waals surface area contributed by atoms with Gasteiger partial charge >= 0.3 is 22.0 Å². The molecule has 0 amide bonds. The number of alkyl halides is 6. The van der Waals surface area contributed by atoms with Gasteiger partial charge in [-0.3, -0.25) is 0 Å². The summed E-state index contributed by atoms with van der Waals surface area (Å²) in [6, 6.07) is 5.04. The third kappa shape index (κ3) is 7.15. The van der Waals surface area contributed by atoms with E-state index in [1.807, 2.05) is 11.9 Å². The Morgan fingerprint density at radius 1 is 0.973 bits per heavy atom. The molecule has 1 aliphatic heterocycles. The van der Waals surface area contributed by atoms with E-state index >= 15 is 0 Å². The van der Waals surface area contributed by atoms with Gasteiger partial charge in [-0.1, -0.05) is 0 Å². The maximum absolute atomic E-state index is 13.0. The smallest absolute Gasteiger partial charge is 0.405 e. The molecule has 1 N–H and O–H groups in total. The average Bonchev–Trinajstić information content (AvgIpc) is 2.69. The van der Waals surface area contributed by atoms with Gasteiger partial charge in [0.2, 0.25) is 0 Å². The Bertz CT molecular complexity index is 1220. The van der Waals surface area contributed by atoms with E-state index in [9.17, 15) is 34.8 Å². The van der Waals surface area contributed by atoms with Crippen molar-refractivity contribution in [2.24, 2.45) is 0 Å². The number of aromatic nitrogens is 2. The second kappa shape index (κ2) is 9.49. The molecular formula is C22H26F6N4O4S. The van der Waals surface area contributed by atoms with Crippen LogP contribution in [0.15, 0.2) is 30.3 Å². The molecule has 8 nitrogen and oxygen atoms in total. The fourth-order valence-electron chi connectivity index (χ4n) is 4.54. The summed E-state index contributed by atoms with van der Waals surface area (Å²) in [5, 5.41) is 11.7. The maximum Gasteiger partial charge on any atom is 0.573 e. The highest BCUT2D eigenvalue weighted by Crippen LogP contribution is 2.38. The minimum atomic E-state index is -6.11. The third-order valence-electron chi connectivity index (χ3n) is 5.67. The molecule has 0 bridgehead atoms. The first-order valence-electron chi connectivity index (χ1n) is 10.9. The lowest BCUT2D eigenvalue weighted by Gasteiger charge is -2.49. The molecule has 0 saturated carbocycles. The predicted octanol–water partition coefficient (Wildman–Crippen LogP) is 5.02. The fourth-order valence-corrected chi connectivity index (χ4v) is 4.99. The molecule has 2 heterocycles. The van der Waals surface area contributed by atoms with E-state index < -0.39 is 33.5 Å². The number of ether oxygens (including phenoxy) is 1. The molecule has 0 aliphatic carbocycles. The van der Waals surface area contributed by atoms with E-state index in [1.54, 1.807) is 6.07 Å². The Hall–Kier alpha value is -2.81. The zero-order valence-corrected chi connectivity index (χ0v) is 21.3. The Balaban J connectivity index is 1.91.